The van der Waals surface area contributed by atoms with Gasteiger partial charge < -0.3 is 52.5 Å². The Hall–Kier alpha value is -3.27. The SMILES string of the molecule is COC1C(OCc2ccccc2)[C@@H](OC)OC(COCc2ccccc2)[C@H]1O[C@@H]1OC(C(=O)OCc2ccccc2)[C@@H](O)[C@@H](OC)C1OC. The molecule has 3 aromatic carbocycles. The third-order valence-corrected chi connectivity index (χ3v) is 8.59. The molecule has 0 bridgehead atoms. The largest absolute Gasteiger partial charge is 0.459 e. The summed E-state index contributed by atoms with van der Waals surface area (Å²) in [7, 11) is 5.92. The van der Waals surface area contributed by atoms with Crippen LogP contribution in [0.15, 0.2) is 91.0 Å². The molecule has 0 aliphatic carbocycles. The molecule has 0 amide bonds. The maximum atomic E-state index is 13.3. The Labute approximate surface area is 287 Å². The first kappa shape index (κ1) is 37.0. The molecule has 1 N–H and O–H groups in total. The Bertz CT molecular complexity index is 1380. The van der Waals surface area contributed by atoms with Crippen molar-refractivity contribution in [2.24, 2.45) is 0 Å². The van der Waals surface area contributed by atoms with Crippen molar-refractivity contribution in [2.45, 2.75) is 81.2 Å². The van der Waals surface area contributed by atoms with Gasteiger partial charge in [0, 0.05) is 28.4 Å². The van der Waals surface area contributed by atoms with Crippen molar-refractivity contribution in [3.8, 4) is 0 Å². The zero-order valence-electron chi connectivity index (χ0n) is 28.2. The number of hydrogen-bond donors (Lipinski definition) is 1. The van der Waals surface area contributed by atoms with E-state index in [1.54, 1.807) is 7.11 Å². The summed E-state index contributed by atoms with van der Waals surface area (Å²) in [4.78, 5) is 13.3. The van der Waals surface area contributed by atoms with Gasteiger partial charge in [-0.15, -0.1) is 0 Å². The van der Waals surface area contributed by atoms with E-state index < -0.39 is 67.4 Å². The molecule has 5 rings (SSSR count). The third-order valence-electron chi connectivity index (χ3n) is 8.59. The van der Waals surface area contributed by atoms with E-state index in [4.69, 9.17) is 47.4 Å². The smallest absolute Gasteiger partial charge is 0.338 e. The molecule has 2 fully saturated rings. The van der Waals surface area contributed by atoms with Gasteiger partial charge in [0.15, 0.2) is 18.7 Å². The van der Waals surface area contributed by atoms with Crippen molar-refractivity contribution in [3.05, 3.63) is 108 Å². The van der Waals surface area contributed by atoms with Crippen LogP contribution in [0.1, 0.15) is 16.7 Å². The predicted octanol–water partition coefficient (Wildman–Crippen LogP) is 3.42. The minimum atomic E-state index is -1.44. The molecular weight excluding hydrogens is 636 g/mol. The molecule has 49 heavy (non-hydrogen) atoms. The van der Waals surface area contributed by atoms with Crippen molar-refractivity contribution >= 4 is 5.97 Å². The van der Waals surface area contributed by atoms with Crippen molar-refractivity contribution in [1.29, 1.82) is 0 Å². The Morgan fingerprint density at radius 1 is 0.612 bits per heavy atom. The highest BCUT2D eigenvalue weighted by Gasteiger charge is 2.54. The number of benzene rings is 3. The van der Waals surface area contributed by atoms with E-state index in [1.807, 2.05) is 91.0 Å². The highest BCUT2D eigenvalue weighted by Crippen LogP contribution is 2.34. The van der Waals surface area contributed by atoms with Gasteiger partial charge in [-0.05, 0) is 16.7 Å². The van der Waals surface area contributed by atoms with E-state index in [9.17, 15) is 9.90 Å². The molecule has 2 heterocycles. The second-order valence-electron chi connectivity index (χ2n) is 11.8. The van der Waals surface area contributed by atoms with Gasteiger partial charge in [-0.25, -0.2) is 4.79 Å². The summed E-state index contributed by atoms with van der Waals surface area (Å²) in [5.41, 5.74) is 2.71. The molecule has 0 saturated carbocycles. The van der Waals surface area contributed by atoms with Crippen molar-refractivity contribution in [2.75, 3.05) is 35.0 Å². The molecule has 5 unspecified atom stereocenters. The van der Waals surface area contributed by atoms with Crippen LogP contribution in [-0.2, 0) is 72.0 Å². The van der Waals surface area contributed by atoms with Crippen LogP contribution in [0.3, 0.4) is 0 Å². The molecule has 10 atom stereocenters. The van der Waals surface area contributed by atoms with Gasteiger partial charge in [0.2, 0.25) is 0 Å². The third kappa shape index (κ3) is 9.50. The van der Waals surface area contributed by atoms with Crippen LogP contribution in [0.2, 0.25) is 0 Å². The molecule has 2 aliphatic rings. The monoisotopic (exact) mass is 682 g/mol. The number of ether oxygens (including phenoxy) is 10. The first-order valence-electron chi connectivity index (χ1n) is 16.2. The predicted molar refractivity (Wildman–Crippen MR) is 175 cm³/mol. The summed E-state index contributed by atoms with van der Waals surface area (Å²) < 4.78 is 60.4. The van der Waals surface area contributed by atoms with E-state index in [-0.39, 0.29) is 19.8 Å². The van der Waals surface area contributed by atoms with Gasteiger partial charge in [0.1, 0.15) is 49.3 Å². The number of aliphatic hydroxyl groups excluding tert-OH is 1. The minimum absolute atomic E-state index is 0.00892. The fourth-order valence-corrected chi connectivity index (χ4v) is 6.06. The van der Waals surface area contributed by atoms with E-state index in [1.165, 1.54) is 21.3 Å². The zero-order chi connectivity index (χ0) is 34.6. The second kappa shape index (κ2) is 18.6. The fraction of sp³-hybridized carbons (Fsp3) is 0.486. The molecule has 3 aromatic rings. The van der Waals surface area contributed by atoms with Crippen molar-refractivity contribution in [1.82, 2.24) is 0 Å². The molecule has 0 spiro atoms. The molecule has 0 radical (unpaired) electrons. The maximum absolute atomic E-state index is 13.3. The lowest BCUT2D eigenvalue weighted by Gasteiger charge is -2.48. The first-order chi connectivity index (χ1) is 24.0. The van der Waals surface area contributed by atoms with Gasteiger partial charge in [-0.1, -0.05) is 91.0 Å². The molecule has 266 valence electrons. The summed E-state index contributed by atoms with van der Waals surface area (Å²) in [5.74, 6) is -0.781. The second-order valence-corrected chi connectivity index (χ2v) is 11.8. The quantitative estimate of drug-likeness (QED) is 0.222. The van der Waals surface area contributed by atoms with Gasteiger partial charge in [-0.3, -0.25) is 0 Å². The topological polar surface area (TPSA) is 130 Å². The normalized spacial score (nSPS) is 30.1. The van der Waals surface area contributed by atoms with Crippen LogP contribution in [-0.4, -0.2) is 108 Å². The lowest BCUT2D eigenvalue weighted by Crippen LogP contribution is -2.66. The Balaban J connectivity index is 1.38. The number of carbonyl (C=O) groups is 1. The highest BCUT2D eigenvalue weighted by atomic mass is 16.8. The van der Waals surface area contributed by atoms with E-state index in [2.05, 4.69) is 0 Å². The van der Waals surface area contributed by atoms with Crippen molar-refractivity contribution in [3.63, 3.8) is 0 Å². The minimum Gasteiger partial charge on any atom is -0.459 e. The summed E-state index contributed by atoms with van der Waals surface area (Å²) in [6, 6.07) is 28.6. The summed E-state index contributed by atoms with van der Waals surface area (Å²) in [5, 5.41) is 11.2. The van der Waals surface area contributed by atoms with Crippen molar-refractivity contribution < 1.29 is 57.3 Å². The molecular formula is C37H46O12. The highest BCUT2D eigenvalue weighted by molar-refractivity contribution is 5.75. The van der Waals surface area contributed by atoms with E-state index >= 15 is 0 Å². The number of carbonyl (C=O) groups excluding carboxylic acids is 1. The number of rotatable bonds is 16. The van der Waals surface area contributed by atoms with Crippen LogP contribution < -0.4 is 0 Å². The van der Waals surface area contributed by atoms with Crippen LogP contribution in [0.4, 0.5) is 0 Å². The molecule has 12 heteroatoms. The lowest BCUT2D eigenvalue weighted by atomic mass is 9.96. The van der Waals surface area contributed by atoms with Gasteiger partial charge in [0.25, 0.3) is 0 Å². The van der Waals surface area contributed by atoms with Crippen LogP contribution >= 0.6 is 0 Å². The average Bonchev–Trinajstić information content (AvgIpc) is 3.14. The number of aliphatic hydroxyl groups is 1. The Kier molecular flexibility index (Phi) is 14.1. The van der Waals surface area contributed by atoms with Crippen LogP contribution in [0.5, 0.6) is 0 Å². The van der Waals surface area contributed by atoms with Crippen LogP contribution in [0.25, 0.3) is 0 Å². The van der Waals surface area contributed by atoms with Gasteiger partial charge >= 0.3 is 5.97 Å². The number of hydrogen-bond acceptors (Lipinski definition) is 12. The van der Waals surface area contributed by atoms with Gasteiger partial charge in [-0.2, -0.15) is 0 Å². The van der Waals surface area contributed by atoms with E-state index in [0.717, 1.165) is 16.7 Å². The summed E-state index contributed by atoms with van der Waals surface area (Å²) in [6.07, 6.45) is -10.0. The lowest BCUT2D eigenvalue weighted by molar-refractivity contribution is -0.363. The Morgan fingerprint density at radius 3 is 1.71 bits per heavy atom. The molecule has 12 nitrogen and oxygen atoms in total. The zero-order valence-corrected chi connectivity index (χ0v) is 28.2. The Morgan fingerprint density at radius 2 is 1.16 bits per heavy atom. The molecule has 2 aliphatic heterocycles. The first-order valence-corrected chi connectivity index (χ1v) is 16.2. The fourth-order valence-electron chi connectivity index (χ4n) is 6.06. The van der Waals surface area contributed by atoms with E-state index in [0.29, 0.717) is 6.61 Å². The van der Waals surface area contributed by atoms with Gasteiger partial charge in [0.05, 0.1) is 19.8 Å². The van der Waals surface area contributed by atoms with Crippen LogP contribution in [0, 0.1) is 0 Å². The summed E-state index contributed by atoms with van der Waals surface area (Å²) in [6.45, 7) is 0.661. The molecule has 0 aromatic heterocycles. The maximum Gasteiger partial charge on any atom is 0.338 e. The standard InChI is InChI=1S/C37H46O12/c1-40-30-28(38)31(35(39)46-22-26-18-12-7-13-19-26)49-37(33(30)42-3)48-29-27(23-44-20-24-14-8-5-9-15-24)47-36(43-4)34(32(29)41-2)45-21-25-16-10-6-11-17-25/h5-19,27-34,36-38H,20-23H2,1-4H3/t27?,28-,29+,30+,31?,32?,33?,34?,36-,37+/m0/s1. The number of methoxy groups -OCH3 is 4. The number of esters is 1. The summed E-state index contributed by atoms with van der Waals surface area (Å²) >= 11 is 0. The average molecular weight is 683 g/mol. The molecule has 2 saturated heterocycles.